The Morgan fingerprint density at radius 2 is 2.05 bits per heavy atom. The summed E-state index contributed by atoms with van der Waals surface area (Å²) >= 11 is 0. The van der Waals surface area contributed by atoms with E-state index in [0.29, 0.717) is 11.9 Å². The lowest BCUT2D eigenvalue weighted by Gasteiger charge is -2.16. The lowest BCUT2D eigenvalue weighted by atomic mass is 10.1. The molecule has 1 aromatic heterocycles. The van der Waals surface area contributed by atoms with Crippen molar-refractivity contribution in [2.75, 3.05) is 25.5 Å². The van der Waals surface area contributed by atoms with E-state index in [-0.39, 0.29) is 5.82 Å². The van der Waals surface area contributed by atoms with Crippen LogP contribution in [0.5, 0.6) is 0 Å². The van der Waals surface area contributed by atoms with E-state index >= 15 is 0 Å². The second-order valence-corrected chi connectivity index (χ2v) is 5.33. The summed E-state index contributed by atoms with van der Waals surface area (Å²) in [5.41, 5.74) is 0. The SMILES string of the molecule is COC(=O)c1nccc(NCCNC2CCCCCC2)n1. The maximum Gasteiger partial charge on any atom is 0.376 e. The van der Waals surface area contributed by atoms with Crippen molar-refractivity contribution in [3.05, 3.63) is 18.1 Å². The third-order valence-electron chi connectivity index (χ3n) is 3.74. The van der Waals surface area contributed by atoms with E-state index in [9.17, 15) is 4.79 Å². The van der Waals surface area contributed by atoms with E-state index in [1.54, 1.807) is 12.3 Å². The van der Waals surface area contributed by atoms with Crippen LogP contribution in [0.25, 0.3) is 0 Å². The molecule has 2 N–H and O–H groups in total. The Bertz CT molecular complexity index is 445. The molecular weight excluding hydrogens is 268 g/mol. The highest BCUT2D eigenvalue weighted by atomic mass is 16.5. The molecule has 6 nitrogen and oxygen atoms in total. The van der Waals surface area contributed by atoms with Crippen molar-refractivity contribution in [1.29, 1.82) is 0 Å². The average Bonchev–Trinajstić information content (AvgIpc) is 2.80. The van der Waals surface area contributed by atoms with E-state index in [4.69, 9.17) is 0 Å². The van der Waals surface area contributed by atoms with Crippen LogP contribution >= 0.6 is 0 Å². The molecule has 21 heavy (non-hydrogen) atoms. The van der Waals surface area contributed by atoms with Crippen molar-refractivity contribution in [3.8, 4) is 0 Å². The van der Waals surface area contributed by atoms with E-state index in [1.165, 1.54) is 45.6 Å². The van der Waals surface area contributed by atoms with Crippen molar-refractivity contribution in [1.82, 2.24) is 15.3 Å². The Morgan fingerprint density at radius 3 is 2.76 bits per heavy atom. The number of methoxy groups -OCH3 is 1. The molecule has 1 aromatic rings. The van der Waals surface area contributed by atoms with Crippen LogP contribution in [0.15, 0.2) is 12.3 Å². The molecule has 0 amide bonds. The number of carbonyl (C=O) groups excluding carboxylic acids is 1. The molecule has 0 saturated heterocycles. The van der Waals surface area contributed by atoms with Crippen LogP contribution in [0.1, 0.15) is 49.1 Å². The van der Waals surface area contributed by atoms with Crippen molar-refractivity contribution < 1.29 is 9.53 Å². The maximum absolute atomic E-state index is 11.3. The largest absolute Gasteiger partial charge is 0.463 e. The van der Waals surface area contributed by atoms with Crippen LogP contribution in [0.4, 0.5) is 5.82 Å². The smallest absolute Gasteiger partial charge is 0.376 e. The first-order chi connectivity index (χ1) is 10.3. The Kier molecular flexibility index (Phi) is 6.40. The highest BCUT2D eigenvalue weighted by Gasteiger charge is 2.11. The average molecular weight is 292 g/mol. The van der Waals surface area contributed by atoms with Crippen LogP contribution in [0.3, 0.4) is 0 Å². The fourth-order valence-corrected chi connectivity index (χ4v) is 2.60. The normalized spacial score (nSPS) is 16.2. The number of aromatic nitrogens is 2. The maximum atomic E-state index is 11.3. The molecular formula is C15H24N4O2. The Labute approximate surface area is 125 Å². The van der Waals surface area contributed by atoms with Gasteiger partial charge in [-0.3, -0.25) is 0 Å². The van der Waals surface area contributed by atoms with E-state index < -0.39 is 5.97 Å². The van der Waals surface area contributed by atoms with Gasteiger partial charge in [0.2, 0.25) is 5.82 Å². The topological polar surface area (TPSA) is 76.1 Å². The van der Waals surface area contributed by atoms with Crippen LogP contribution < -0.4 is 10.6 Å². The molecule has 1 aliphatic carbocycles. The predicted molar refractivity (Wildman–Crippen MR) is 81.4 cm³/mol. The quantitative estimate of drug-likeness (QED) is 0.474. The lowest BCUT2D eigenvalue weighted by Crippen LogP contribution is -2.32. The first-order valence-corrected chi connectivity index (χ1v) is 7.68. The van der Waals surface area contributed by atoms with Crippen LogP contribution in [-0.2, 0) is 4.74 Å². The molecule has 0 aliphatic heterocycles. The molecule has 0 radical (unpaired) electrons. The highest BCUT2D eigenvalue weighted by Crippen LogP contribution is 2.16. The van der Waals surface area contributed by atoms with Gasteiger partial charge in [-0.05, 0) is 18.9 Å². The number of carbonyl (C=O) groups is 1. The Morgan fingerprint density at radius 1 is 1.29 bits per heavy atom. The summed E-state index contributed by atoms with van der Waals surface area (Å²) in [4.78, 5) is 19.3. The van der Waals surface area contributed by atoms with Crippen molar-refractivity contribution >= 4 is 11.8 Å². The van der Waals surface area contributed by atoms with Gasteiger partial charge in [-0.25, -0.2) is 14.8 Å². The third kappa shape index (κ3) is 5.30. The molecule has 1 heterocycles. The van der Waals surface area contributed by atoms with Gasteiger partial charge in [0.1, 0.15) is 5.82 Å². The van der Waals surface area contributed by atoms with Gasteiger partial charge in [-0.2, -0.15) is 0 Å². The molecule has 0 aromatic carbocycles. The number of hydrogen-bond donors (Lipinski definition) is 2. The zero-order chi connectivity index (χ0) is 14.9. The third-order valence-corrected chi connectivity index (χ3v) is 3.74. The van der Waals surface area contributed by atoms with Gasteiger partial charge < -0.3 is 15.4 Å². The van der Waals surface area contributed by atoms with Crippen molar-refractivity contribution in [2.45, 2.75) is 44.6 Å². The zero-order valence-electron chi connectivity index (χ0n) is 12.6. The molecule has 1 fully saturated rings. The van der Waals surface area contributed by atoms with E-state index in [1.807, 2.05) is 0 Å². The van der Waals surface area contributed by atoms with Gasteiger partial charge in [0.15, 0.2) is 0 Å². The minimum atomic E-state index is -0.518. The Balaban J connectivity index is 1.71. The van der Waals surface area contributed by atoms with Gasteiger partial charge in [-0.1, -0.05) is 25.7 Å². The molecule has 116 valence electrons. The standard InChI is InChI=1S/C15H24N4O2/c1-21-15(20)14-18-9-8-13(19-14)17-11-10-16-12-6-4-2-3-5-7-12/h8-9,12,16H,2-7,10-11H2,1H3,(H,17,18,19). The summed E-state index contributed by atoms with van der Waals surface area (Å²) in [6.45, 7) is 1.66. The zero-order valence-corrected chi connectivity index (χ0v) is 12.6. The minimum absolute atomic E-state index is 0.0826. The predicted octanol–water partition coefficient (Wildman–Crippen LogP) is 1.99. The molecule has 2 rings (SSSR count). The van der Waals surface area contributed by atoms with Gasteiger partial charge in [-0.15, -0.1) is 0 Å². The first kappa shape index (κ1) is 15.7. The van der Waals surface area contributed by atoms with Crippen molar-refractivity contribution in [2.24, 2.45) is 0 Å². The summed E-state index contributed by atoms with van der Waals surface area (Å²) in [5.74, 6) is 0.211. The number of rotatable bonds is 6. The van der Waals surface area contributed by atoms with Gasteiger partial charge in [0.05, 0.1) is 7.11 Å². The monoisotopic (exact) mass is 292 g/mol. The lowest BCUT2D eigenvalue weighted by molar-refractivity contribution is 0.0587. The molecule has 0 atom stereocenters. The highest BCUT2D eigenvalue weighted by molar-refractivity contribution is 5.85. The first-order valence-electron chi connectivity index (χ1n) is 7.68. The minimum Gasteiger partial charge on any atom is -0.463 e. The summed E-state index contributed by atoms with van der Waals surface area (Å²) in [6.07, 6.45) is 9.51. The number of esters is 1. The molecule has 0 unspecified atom stereocenters. The second kappa shape index (κ2) is 8.56. The van der Waals surface area contributed by atoms with Crippen LogP contribution in [0.2, 0.25) is 0 Å². The molecule has 6 heteroatoms. The van der Waals surface area contributed by atoms with Gasteiger partial charge >= 0.3 is 5.97 Å². The number of hydrogen-bond acceptors (Lipinski definition) is 6. The van der Waals surface area contributed by atoms with Crippen molar-refractivity contribution in [3.63, 3.8) is 0 Å². The molecule has 1 saturated carbocycles. The molecule has 0 spiro atoms. The van der Waals surface area contributed by atoms with Crippen LogP contribution in [0, 0.1) is 0 Å². The fourth-order valence-electron chi connectivity index (χ4n) is 2.60. The number of anilines is 1. The van der Waals surface area contributed by atoms with E-state index in [0.717, 1.165) is 13.1 Å². The molecule has 1 aliphatic rings. The second-order valence-electron chi connectivity index (χ2n) is 5.33. The van der Waals surface area contributed by atoms with Crippen LogP contribution in [-0.4, -0.2) is 42.2 Å². The summed E-state index contributed by atoms with van der Waals surface area (Å²) in [7, 11) is 1.32. The summed E-state index contributed by atoms with van der Waals surface area (Å²) in [6, 6.07) is 2.39. The summed E-state index contributed by atoms with van der Waals surface area (Å²) in [5, 5.41) is 6.78. The molecule has 0 bridgehead atoms. The van der Waals surface area contributed by atoms with Gasteiger partial charge in [0.25, 0.3) is 0 Å². The van der Waals surface area contributed by atoms with Gasteiger partial charge in [0, 0.05) is 25.3 Å². The fraction of sp³-hybridized carbons (Fsp3) is 0.667. The number of nitrogens with one attached hydrogen (secondary N) is 2. The Hall–Kier alpha value is -1.69. The number of nitrogens with zero attached hydrogens (tertiary/aromatic N) is 2. The number of ether oxygens (including phenoxy) is 1. The van der Waals surface area contributed by atoms with E-state index in [2.05, 4.69) is 25.3 Å². The summed E-state index contributed by atoms with van der Waals surface area (Å²) < 4.78 is 4.60.